The van der Waals surface area contributed by atoms with E-state index < -0.39 is 0 Å². The van der Waals surface area contributed by atoms with Gasteiger partial charge in [0.25, 0.3) is 0 Å². The van der Waals surface area contributed by atoms with Crippen LogP contribution in [0.1, 0.15) is 18.9 Å². The van der Waals surface area contributed by atoms with Gasteiger partial charge < -0.3 is 0 Å². The minimum atomic E-state index is 0.554. The molecule has 4 nitrogen and oxygen atoms in total. The fraction of sp³-hybridized carbons (Fsp3) is 0.833. The van der Waals surface area contributed by atoms with Crippen LogP contribution in [-0.2, 0) is 0 Å². The first-order valence-corrected chi connectivity index (χ1v) is 5.40. The van der Waals surface area contributed by atoms with Crippen LogP contribution in [0, 0.1) is 0 Å². The molecule has 0 radical (unpaired) electrons. The summed E-state index contributed by atoms with van der Waals surface area (Å²) in [6.45, 7) is 0. The Morgan fingerprint density at radius 2 is 2.42 bits per heavy atom. The average molecular weight is 205 g/mol. The second-order valence-electron chi connectivity index (χ2n) is 2.67. The third-order valence-corrected chi connectivity index (χ3v) is 3.01. The Labute approximate surface area is 79.7 Å². The van der Waals surface area contributed by atoms with E-state index in [4.69, 9.17) is 11.6 Å². The van der Waals surface area contributed by atoms with E-state index in [0.717, 1.165) is 10.9 Å². The smallest absolute Gasteiger partial charge is 0.209 e. The molecule has 1 aliphatic rings. The molecule has 0 saturated heterocycles. The fourth-order valence-electron chi connectivity index (χ4n) is 0.959. The molecule has 1 aromatic heterocycles. The van der Waals surface area contributed by atoms with Gasteiger partial charge in [-0.15, -0.1) is 16.7 Å². The summed E-state index contributed by atoms with van der Waals surface area (Å²) in [7, 11) is 0. The molecule has 0 aromatic carbocycles. The number of hydrogen-bond donors (Lipinski definition) is 0. The Hall–Kier alpha value is -0.290. The second-order valence-corrected chi connectivity index (χ2v) is 4.11. The number of rotatable bonds is 4. The molecule has 1 aliphatic carbocycles. The van der Waals surface area contributed by atoms with E-state index in [-0.39, 0.29) is 0 Å². The van der Waals surface area contributed by atoms with Crippen LogP contribution in [0.2, 0.25) is 0 Å². The number of nitrogens with zero attached hydrogens (tertiary/aromatic N) is 4. The lowest BCUT2D eigenvalue weighted by molar-refractivity contribution is 0.565. The third-order valence-electron chi connectivity index (χ3n) is 1.66. The highest BCUT2D eigenvalue weighted by atomic mass is 35.5. The van der Waals surface area contributed by atoms with Gasteiger partial charge in [0.05, 0.1) is 6.04 Å². The zero-order valence-electron chi connectivity index (χ0n) is 6.48. The van der Waals surface area contributed by atoms with Gasteiger partial charge in [0.1, 0.15) is 0 Å². The summed E-state index contributed by atoms with van der Waals surface area (Å²) in [5, 5.41) is 12.4. The Morgan fingerprint density at radius 3 is 3.08 bits per heavy atom. The predicted octanol–water partition coefficient (Wildman–Crippen LogP) is 1.34. The maximum Gasteiger partial charge on any atom is 0.209 e. The largest absolute Gasteiger partial charge is 0.217 e. The van der Waals surface area contributed by atoms with Gasteiger partial charge in [-0.05, 0) is 23.3 Å². The number of tetrazole rings is 1. The summed E-state index contributed by atoms with van der Waals surface area (Å²) in [6.07, 6.45) is 2.42. The topological polar surface area (TPSA) is 43.6 Å². The molecule has 6 heteroatoms. The summed E-state index contributed by atoms with van der Waals surface area (Å²) in [6, 6.07) is 0.554. The van der Waals surface area contributed by atoms with Crippen molar-refractivity contribution in [2.45, 2.75) is 24.0 Å². The van der Waals surface area contributed by atoms with Crippen LogP contribution in [-0.4, -0.2) is 31.8 Å². The van der Waals surface area contributed by atoms with Crippen molar-refractivity contribution < 1.29 is 0 Å². The molecule has 1 fully saturated rings. The molecule has 0 aliphatic heterocycles. The van der Waals surface area contributed by atoms with Crippen molar-refractivity contribution in [1.82, 2.24) is 20.2 Å². The molecule has 0 bridgehead atoms. The second kappa shape index (κ2) is 3.62. The van der Waals surface area contributed by atoms with Gasteiger partial charge in [0, 0.05) is 11.6 Å². The van der Waals surface area contributed by atoms with Crippen molar-refractivity contribution in [3.8, 4) is 0 Å². The van der Waals surface area contributed by atoms with E-state index in [9.17, 15) is 0 Å². The minimum Gasteiger partial charge on any atom is -0.217 e. The van der Waals surface area contributed by atoms with Gasteiger partial charge in [-0.25, -0.2) is 4.68 Å². The molecule has 1 heterocycles. The highest BCUT2D eigenvalue weighted by Crippen LogP contribution is 2.36. The van der Waals surface area contributed by atoms with Gasteiger partial charge in [0.2, 0.25) is 5.16 Å². The van der Waals surface area contributed by atoms with E-state index in [1.165, 1.54) is 12.8 Å². The monoisotopic (exact) mass is 204 g/mol. The lowest BCUT2D eigenvalue weighted by atomic mass is 10.7. The van der Waals surface area contributed by atoms with Crippen LogP contribution in [0.3, 0.4) is 0 Å². The van der Waals surface area contributed by atoms with E-state index in [1.54, 1.807) is 11.8 Å². The van der Waals surface area contributed by atoms with E-state index in [2.05, 4.69) is 15.5 Å². The number of alkyl halides is 1. The van der Waals surface area contributed by atoms with Crippen LogP contribution in [0.5, 0.6) is 0 Å². The lowest BCUT2D eigenvalue weighted by Crippen LogP contribution is -1.99. The fourth-order valence-corrected chi connectivity index (χ4v) is 1.86. The molecule has 1 aromatic rings. The van der Waals surface area contributed by atoms with Crippen molar-refractivity contribution in [2.75, 3.05) is 11.6 Å². The summed E-state index contributed by atoms with van der Waals surface area (Å²) >= 11 is 7.18. The van der Waals surface area contributed by atoms with Crippen LogP contribution < -0.4 is 0 Å². The molecular formula is C6H9ClN4S. The number of hydrogen-bond acceptors (Lipinski definition) is 4. The van der Waals surface area contributed by atoms with E-state index in [0.29, 0.717) is 11.9 Å². The van der Waals surface area contributed by atoms with Gasteiger partial charge in [-0.2, -0.15) is 0 Å². The Morgan fingerprint density at radius 1 is 1.58 bits per heavy atom. The van der Waals surface area contributed by atoms with Gasteiger partial charge in [0.15, 0.2) is 0 Å². The Kier molecular flexibility index (Phi) is 2.51. The standard InChI is InChI=1S/C6H9ClN4S/c7-3-4-12-6-8-9-10-11(6)5-1-2-5/h5H,1-4H2. The Balaban J connectivity index is 2.03. The molecule has 0 N–H and O–H groups in total. The summed E-state index contributed by atoms with van der Waals surface area (Å²) in [4.78, 5) is 0. The van der Waals surface area contributed by atoms with Crippen molar-refractivity contribution in [2.24, 2.45) is 0 Å². The van der Waals surface area contributed by atoms with Crippen molar-refractivity contribution in [3.63, 3.8) is 0 Å². The SMILES string of the molecule is ClCCSc1nnnn1C1CC1. The third kappa shape index (κ3) is 1.72. The zero-order valence-corrected chi connectivity index (χ0v) is 8.05. The quantitative estimate of drug-likeness (QED) is 0.549. The van der Waals surface area contributed by atoms with Crippen LogP contribution in [0.4, 0.5) is 0 Å². The van der Waals surface area contributed by atoms with Crippen molar-refractivity contribution in [1.29, 1.82) is 0 Å². The zero-order chi connectivity index (χ0) is 8.39. The normalized spacial score (nSPS) is 16.8. The van der Waals surface area contributed by atoms with Gasteiger partial charge in [-0.1, -0.05) is 11.8 Å². The molecule has 12 heavy (non-hydrogen) atoms. The number of halogens is 1. The summed E-state index contributed by atoms with van der Waals surface area (Å²) in [5.41, 5.74) is 0. The maximum atomic E-state index is 5.57. The van der Waals surface area contributed by atoms with E-state index >= 15 is 0 Å². The average Bonchev–Trinajstić information content (AvgIpc) is 2.83. The molecule has 2 rings (SSSR count). The number of thioether (sulfide) groups is 1. The molecular weight excluding hydrogens is 196 g/mol. The minimum absolute atomic E-state index is 0.554. The van der Waals surface area contributed by atoms with Gasteiger partial charge >= 0.3 is 0 Å². The first-order valence-electron chi connectivity index (χ1n) is 3.88. The van der Waals surface area contributed by atoms with Crippen LogP contribution in [0.15, 0.2) is 5.16 Å². The van der Waals surface area contributed by atoms with Crippen LogP contribution in [0.25, 0.3) is 0 Å². The predicted molar refractivity (Wildman–Crippen MR) is 47.5 cm³/mol. The molecule has 66 valence electrons. The van der Waals surface area contributed by atoms with Gasteiger partial charge in [-0.3, -0.25) is 0 Å². The molecule has 0 atom stereocenters. The molecule has 1 saturated carbocycles. The highest BCUT2D eigenvalue weighted by Gasteiger charge is 2.27. The highest BCUT2D eigenvalue weighted by molar-refractivity contribution is 7.99. The molecule has 0 unspecified atom stereocenters. The van der Waals surface area contributed by atoms with E-state index in [1.807, 2.05) is 4.68 Å². The first-order chi connectivity index (χ1) is 5.92. The first kappa shape index (κ1) is 8.31. The molecule has 0 amide bonds. The van der Waals surface area contributed by atoms with Crippen molar-refractivity contribution >= 4 is 23.4 Å². The summed E-state index contributed by atoms with van der Waals surface area (Å²) < 4.78 is 1.90. The Bertz CT molecular complexity index is 260. The maximum absolute atomic E-state index is 5.57. The number of aromatic nitrogens is 4. The molecule has 0 spiro atoms. The van der Waals surface area contributed by atoms with Crippen LogP contribution >= 0.6 is 23.4 Å². The lowest BCUT2D eigenvalue weighted by Gasteiger charge is -1.98. The summed E-state index contributed by atoms with van der Waals surface area (Å²) in [5.74, 6) is 1.51. The van der Waals surface area contributed by atoms with Crippen molar-refractivity contribution in [3.05, 3.63) is 0 Å².